The lowest BCUT2D eigenvalue weighted by Crippen LogP contribution is -2.20. The van der Waals surface area contributed by atoms with E-state index in [4.69, 9.17) is 27.9 Å². The van der Waals surface area contributed by atoms with Crippen LogP contribution >= 0.6 is 23.2 Å². The zero-order valence-corrected chi connectivity index (χ0v) is 14.2. The summed E-state index contributed by atoms with van der Waals surface area (Å²) in [4.78, 5) is 23.3. The number of aryl methyl sites for hydroxylation is 1. The topological polar surface area (TPSA) is 55.4 Å². The molecule has 0 saturated carbocycles. The highest BCUT2D eigenvalue weighted by molar-refractivity contribution is 6.40. The van der Waals surface area contributed by atoms with E-state index in [0.717, 1.165) is 5.56 Å². The second-order valence-corrected chi connectivity index (χ2v) is 5.76. The fourth-order valence-corrected chi connectivity index (χ4v) is 2.37. The lowest BCUT2D eigenvalue weighted by Gasteiger charge is -2.12. The van der Waals surface area contributed by atoms with E-state index in [0.29, 0.717) is 27.0 Å². The number of Topliss-reactive ketones (excluding diaryl/α,β-unsaturated/α-hetero) is 1. The van der Waals surface area contributed by atoms with Crippen molar-refractivity contribution in [2.45, 2.75) is 13.8 Å². The van der Waals surface area contributed by atoms with Gasteiger partial charge in [0.05, 0.1) is 15.7 Å². The molecule has 0 aliphatic carbocycles. The molecule has 2 aromatic carbocycles. The summed E-state index contributed by atoms with van der Waals surface area (Å²) in [6, 6.07) is 10.1. The van der Waals surface area contributed by atoms with Crippen molar-refractivity contribution >= 4 is 40.6 Å². The summed E-state index contributed by atoms with van der Waals surface area (Å²) >= 11 is 12.2. The summed E-state index contributed by atoms with van der Waals surface area (Å²) in [5.74, 6) is -0.0276. The molecule has 0 saturated heterocycles. The molecule has 0 atom stereocenters. The Morgan fingerprint density at radius 2 is 1.91 bits per heavy atom. The minimum Gasteiger partial charge on any atom is -0.484 e. The maximum absolute atomic E-state index is 12.0. The first-order chi connectivity index (χ1) is 10.9. The van der Waals surface area contributed by atoms with Crippen molar-refractivity contribution in [2.24, 2.45) is 0 Å². The van der Waals surface area contributed by atoms with E-state index in [2.05, 4.69) is 5.32 Å². The zero-order valence-electron chi connectivity index (χ0n) is 12.7. The Morgan fingerprint density at radius 3 is 2.61 bits per heavy atom. The summed E-state index contributed by atoms with van der Waals surface area (Å²) in [5.41, 5.74) is 1.69. The molecular weight excluding hydrogens is 337 g/mol. The van der Waals surface area contributed by atoms with Crippen molar-refractivity contribution in [2.75, 3.05) is 11.9 Å². The molecule has 23 heavy (non-hydrogen) atoms. The number of rotatable bonds is 5. The Balaban J connectivity index is 2.02. The first kappa shape index (κ1) is 17.3. The van der Waals surface area contributed by atoms with Crippen LogP contribution in [-0.2, 0) is 4.79 Å². The molecule has 120 valence electrons. The normalized spacial score (nSPS) is 10.3. The van der Waals surface area contributed by atoms with Crippen molar-refractivity contribution in [3.05, 3.63) is 57.6 Å². The number of ether oxygens (including phenoxy) is 1. The van der Waals surface area contributed by atoms with Gasteiger partial charge in [-0.2, -0.15) is 0 Å². The predicted molar refractivity (Wildman–Crippen MR) is 91.8 cm³/mol. The standard InChI is InChI=1S/C17H15Cl2NO3/c1-10-6-7-14(18)17(16(10)19)20-15(22)9-23-13-5-3-4-12(8-13)11(2)21/h3-8H,9H2,1-2H3,(H,20,22). The van der Waals surface area contributed by atoms with E-state index in [1.165, 1.54) is 6.92 Å². The first-order valence-electron chi connectivity index (χ1n) is 6.86. The highest BCUT2D eigenvalue weighted by Gasteiger charge is 2.12. The number of halogens is 2. The van der Waals surface area contributed by atoms with E-state index in [1.807, 2.05) is 6.92 Å². The molecule has 0 fully saturated rings. The zero-order chi connectivity index (χ0) is 17.0. The van der Waals surface area contributed by atoms with Crippen LogP contribution in [0.4, 0.5) is 5.69 Å². The smallest absolute Gasteiger partial charge is 0.262 e. The first-order valence-corrected chi connectivity index (χ1v) is 7.62. The summed E-state index contributed by atoms with van der Waals surface area (Å²) in [7, 11) is 0. The molecule has 0 aliphatic heterocycles. The van der Waals surface area contributed by atoms with Crippen LogP contribution in [0, 0.1) is 6.92 Å². The van der Waals surface area contributed by atoms with Crippen molar-refractivity contribution in [1.29, 1.82) is 0 Å². The average Bonchev–Trinajstić information content (AvgIpc) is 2.53. The fourth-order valence-electron chi connectivity index (χ4n) is 1.90. The number of hydrogen-bond acceptors (Lipinski definition) is 3. The molecule has 2 rings (SSSR count). The highest BCUT2D eigenvalue weighted by Crippen LogP contribution is 2.32. The van der Waals surface area contributed by atoms with Crippen LogP contribution in [0.2, 0.25) is 10.0 Å². The van der Waals surface area contributed by atoms with Gasteiger partial charge < -0.3 is 10.1 Å². The Bertz CT molecular complexity index is 759. The number of nitrogens with one attached hydrogen (secondary N) is 1. The van der Waals surface area contributed by atoms with Crippen molar-refractivity contribution in [3.8, 4) is 5.75 Å². The van der Waals surface area contributed by atoms with Crippen LogP contribution in [0.3, 0.4) is 0 Å². The van der Waals surface area contributed by atoms with Crippen LogP contribution in [0.25, 0.3) is 0 Å². The number of carbonyl (C=O) groups is 2. The van der Waals surface area contributed by atoms with Gasteiger partial charge in [0.15, 0.2) is 12.4 Å². The summed E-state index contributed by atoms with van der Waals surface area (Å²) in [5, 5.41) is 3.38. The van der Waals surface area contributed by atoms with Crippen molar-refractivity contribution < 1.29 is 14.3 Å². The molecule has 0 spiro atoms. The number of benzene rings is 2. The van der Waals surface area contributed by atoms with Gasteiger partial charge in [-0.1, -0.05) is 41.4 Å². The van der Waals surface area contributed by atoms with Gasteiger partial charge in [-0.25, -0.2) is 0 Å². The average molecular weight is 352 g/mol. The Morgan fingerprint density at radius 1 is 1.17 bits per heavy atom. The molecular formula is C17H15Cl2NO3. The predicted octanol–water partition coefficient (Wildman–Crippen LogP) is 4.52. The maximum atomic E-state index is 12.0. The summed E-state index contributed by atoms with van der Waals surface area (Å²) in [6.07, 6.45) is 0. The summed E-state index contributed by atoms with van der Waals surface area (Å²) in [6.45, 7) is 3.06. The van der Waals surface area contributed by atoms with Gasteiger partial charge in [-0.3, -0.25) is 9.59 Å². The largest absolute Gasteiger partial charge is 0.484 e. The van der Waals surface area contributed by atoms with Crippen LogP contribution in [0.5, 0.6) is 5.75 Å². The van der Waals surface area contributed by atoms with Crippen LogP contribution < -0.4 is 10.1 Å². The number of hydrogen-bond donors (Lipinski definition) is 1. The minimum absolute atomic E-state index is 0.0711. The Kier molecular flexibility index (Phi) is 5.64. The van der Waals surface area contributed by atoms with E-state index >= 15 is 0 Å². The van der Waals surface area contributed by atoms with Gasteiger partial charge in [0.25, 0.3) is 5.91 Å². The van der Waals surface area contributed by atoms with Gasteiger partial charge in [-0.05, 0) is 37.6 Å². The third-order valence-corrected chi connectivity index (χ3v) is 3.96. The fraction of sp³-hybridized carbons (Fsp3) is 0.176. The lowest BCUT2D eigenvalue weighted by molar-refractivity contribution is -0.118. The molecule has 0 unspecified atom stereocenters. The lowest BCUT2D eigenvalue weighted by atomic mass is 10.1. The van der Waals surface area contributed by atoms with Crippen molar-refractivity contribution in [1.82, 2.24) is 0 Å². The maximum Gasteiger partial charge on any atom is 0.262 e. The van der Waals surface area contributed by atoms with Crippen molar-refractivity contribution in [3.63, 3.8) is 0 Å². The van der Waals surface area contributed by atoms with E-state index in [9.17, 15) is 9.59 Å². The molecule has 1 amide bonds. The molecule has 0 aliphatic rings. The quantitative estimate of drug-likeness (QED) is 0.805. The number of anilines is 1. The van der Waals surface area contributed by atoms with Gasteiger partial charge in [0.1, 0.15) is 5.75 Å². The van der Waals surface area contributed by atoms with Crippen LogP contribution in [-0.4, -0.2) is 18.3 Å². The number of carbonyl (C=O) groups excluding carboxylic acids is 2. The molecule has 6 heteroatoms. The van der Waals surface area contributed by atoms with E-state index < -0.39 is 5.91 Å². The Hall–Kier alpha value is -2.04. The molecule has 0 radical (unpaired) electrons. The van der Waals surface area contributed by atoms with Crippen LogP contribution in [0.15, 0.2) is 36.4 Å². The van der Waals surface area contributed by atoms with Gasteiger partial charge in [-0.15, -0.1) is 0 Å². The molecule has 0 heterocycles. The highest BCUT2D eigenvalue weighted by atomic mass is 35.5. The van der Waals surface area contributed by atoms with E-state index in [1.54, 1.807) is 36.4 Å². The van der Waals surface area contributed by atoms with Crippen LogP contribution in [0.1, 0.15) is 22.8 Å². The van der Waals surface area contributed by atoms with Gasteiger partial charge >= 0.3 is 0 Å². The number of amides is 1. The monoisotopic (exact) mass is 351 g/mol. The SMILES string of the molecule is CC(=O)c1cccc(OCC(=O)Nc2c(Cl)ccc(C)c2Cl)c1. The summed E-state index contributed by atoms with van der Waals surface area (Å²) < 4.78 is 5.39. The molecule has 0 aromatic heterocycles. The molecule has 2 aromatic rings. The van der Waals surface area contributed by atoms with Gasteiger partial charge in [0.2, 0.25) is 0 Å². The van der Waals surface area contributed by atoms with E-state index in [-0.39, 0.29) is 12.4 Å². The second-order valence-electron chi connectivity index (χ2n) is 4.97. The number of ketones is 1. The second kappa shape index (κ2) is 7.49. The molecule has 1 N–H and O–H groups in total. The third-order valence-electron chi connectivity index (χ3n) is 3.16. The Labute approximate surface area is 144 Å². The third kappa shape index (κ3) is 4.47. The molecule has 0 bridgehead atoms. The molecule has 4 nitrogen and oxygen atoms in total. The van der Waals surface area contributed by atoms with Gasteiger partial charge in [0, 0.05) is 5.56 Å². The minimum atomic E-state index is -0.396.